The molecule has 1 aromatic carbocycles. The van der Waals surface area contributed by atoms with Crippen molar-refractivity contribution in [2.75, 3.05) is 0 Å². The monoisotopic (exact) mass is 284 g/mol. The van der Waals surface area contributed by atoms with E-state index in [1.807, 2.05) is 6.92 Å². The van der Waals surface area contributed by atoms with Gasteiger partial charge in [-0.3, -0.25) is 0 Å². The summed E-state index contributed by atoms with van der Waals surface area (Å²) >= 11 is 3.09. The molecule has 1 unspecified atom stereocenters. The van der Waals surface area contributed by atoms with E-state index >= 15 is 0 Å². The number of nitrogens with zero attached hydrogens (tertiary/aromatic N) is 3. The van der Waals surface area contributed by atoms with E-state index in [2.05, 4.69) is 26.2 Å². The summed E-state index contributed by atoms with van der Waals surface area (Å²) < 4.78 is 15.2. The van der Waals surface area contributed by atoms with Gasteiger partial charge in [0.25, 0.3) is 0 Å². The van der Waals surface area contributed by atoms with Gasteiger partial charge in [-0.25, -0.2) is 9.07 Å². The number of halogens is 2. The van der Waals surface area contributed by atoms with Gasteiger partial charge in [0.1, 0.15) is 5.82 Å². The molecule has 1 heterocycles. The van der Waals surface area contributed by atoms with E-state index in [1.165, 1.54) is 10.7 Å². The Morgan fingerprint density at radius 2 is 2.25 bits per heavy atom. The van der Waals surface area contributed by atoms with Crippen LogP contribution in [0.4, 0.5) is 4.39 Å². The minimum atomic E-state index is -0.338. The van der Waals surface area contributed by atoms with Crippen molar-refractivity contribution in [3.8, 4) is 5.69 Å². The van der Waals surface area contributed by atoms with Crippen LogP contribution >= 0.6 is 15.9 Å². The maximum Gasteiger partial charge on any atom is 0.139 e. The largest absolute Gasteiger partial charge is 0.323 e. The van der Waals surface area contributed by atoms with Gasteiger partial charge in [0, 0.05) is 12.1 Å². The van der Waals surface area contributed by atoms with Crippen LogP contribution in [0.25, 0.3) is 5.69 Å². The first kappa shape index (κ1) is 11.2. The Balaban J connectivity index is 2.39. The molecule has 2 rings (SSSR count). The second-order valence-corrected chi connectivity index (χ2v) is 4.33. The highest BCUT2D eigenvalue weighted by Gasteiger charge is 2.08. The zero-order valence-corrected chi connectivity index (χ0v) is 10.1. The van der Waals surface area contributed by atoms with E-state index in [0.717, 1.165) is 0 Å². The molecule has 1 atom stereocenters. The first-order chi connectivity index (χ1) is 7.58. The molecule has 0 saturated heterocycles. The molecule has 0 aliphatic carbocycles. The fourth-order valence-electron chi connectivity index (χ4n) is 1.24. The van der Waals surface area contributed by atoms with E-state index in [-0.39, 0.29) is 11.9 Å². The molecule has 0 spiro atoms. The summed E-state index contributed by atoms with van der Waals surface area (Å²) in [4.78, 5) is 0. The van der Waals surface area contributed by atoms with Gasteiger partial charge in [-0.15, -0.1) is 5.10 Å². The van der Waals surface area contributed by atoms with Crippen molar-refractivity contribution < 1.29 is 4.39 Å². The lowest BCUT2D eigenvalue weighted by atomic mass is 10.3. The predicted molar refractivity (Wildman–Crippen MR) is 61.6 cm³/mol. The van der Waals surface area contributed by atoms with Crippen molar-refractivity contribution in [3.05, 3.63) is 40.4 Å². The van der Waals surface area contributed by atoms with Gasteiger partial charge in [-0.05, 0) is 35.0 Å². The second-order valence-electron chi connectivity index (χ2n) is 3.48. The number of hydrogen-bond donors (Lipinski definition) is 1. The molecule has 0 bridgehead atoms. The molecule has 0 aliphatic heterocycles. The summed E-state index contributed by atoms with van der Waals surface area (Å²) in [5.74, 6) is -0.338. The van der Waals surface area contributed by atoms with Crippen molar-refractivity contribution >= 4 is 15.9 Å². The Labute approximate surface area is 100 Å². The average molecular weight is 285 g/mol. The van der Waals surface area contributed by atoms with E-state index in [0.29, 0.717) is 15.9 Å². The fourth-order valence-corrected chi connectivity index (χ4v) is 1.49. The Morgan fingerprint density at radius 1 is 1.50 bits per heavy atom. The number of nitrogens with two attached hydrogens (primary N) is 1. The third kappa shape index (κ3) is 2.12. The Morgan fingerprint density at radius 3 is 2.81 bits per heavy atom. The molecule has 0 radical (unpaired) electrons. The second kappa shape index (κ2) is 4.31. The normalized spacial score (nSPS) is 12.8. The maximum atomic E-state index is 13.3. The topological polar surface area (TPSA) is 56.7 Å². The van der Waals surface area contributed by atoms with Crippen LogP contribution in [0, 0.1) is 5.82 Å². The van der Waals surface area contributed by atoms with E-state index < -0.39 is 0 Å². The third-order valence-corrected chi connectivity index (χ3v) is 2.79. The van der Waals surface area contributed by atoms with E-state index in [4.69, 9.17) is 5.73 Å². The number of rotatable bonds is 2. The van der Waals surface area contributed by atoms with Crippen LogP contribution in [0.5, 0.6) is 0 Å². The highest BCUT2D eigenvalue weighted by Crippen LogP contribution is 2.18. The molecule has 2 N–H and O–H groups in total. The highest BCUT2D eigenvalue weighted by molar-refractivity contribution is 9.10. The van der Waals surface area contributed by atoms with Crippen LogP contribution in [0.2, 0.25) is 0 Å². The lowest BCUT2D eigenvalue weighted by Gasteiger charge is -2.01. The van der Waals surface area contributed by atoms with Crippen molar-refractivity contribution in [1.82, 2.24) is 15.0 Å². The Kier molecular flexibility index (Phi) is 3.02. The molecule has 0 amide bonds. The molecular weight excluding hydrogens is 275 g/mol. The zero-order valence-electron chi connectivity index (χ0n) is 8.56. The average Bonchev–Trinajstić information content (AvgIpc) is 2.71. The summed E-state index contributed by atoms with van der Waals surface area (Å²) in [7, 11) is 0. The molecule has 6 heteroatoms. The van der Waals surface area contributed by atoms with Crippen LogP contribution in [-0.4, -0.2) is 15.0 Å². The Bertz CT molecular complexity index is 509. The van der Waals surface area contributed by atoms with Gasteiger partial charge in [0.05, 0.1) is 22.1 Å². The smallest absolute Gasteiger partial charge is 0.139 e. The molecule has 0 aliphatic rings. The highest BCUT2D eigenvalue weighted by atomic mass is 79.9. The van der Waals surface area contributed by atoms with Crippen molar-refractivity contribution in [1.29, 1.82) is 0 Å². The maximum absolute atomic E-state index is 13.3. The molecular formula is C10H10BrFN4. The third-order valence-electron chi connectivity index (χ3n) is 2.15. The summed E-state index contributed by atoms with van der Waals surface area (Å²) in [5.41, 5.74) is 6.94. The predicted octanol–water partition coefficient (Wildman–Crippen LogP) is 2.19. The van der Waals surface area contributed by atoms with Crippen molar-refractivity contribution in [2.45, 2.75) is 13.0 Å². The fraction of sp³-hybridized carbons (Fsp3) is 0.200. The number of benzene rings is 1. The van der Waals surface area contributed by atoms with Crippen LogP contribution < -0.4 is 5.73 Å². The van der Waals surface area contributed by atoms with Crippen molar-refractivity contribution in [2.24, 2.45) is 5.73 Å². The lowest BCUT2D eigenvalue weighted by molar-refractivity contribution is 0.618. The zero-order chi connectivity index (χ0) is 11.7. The molecule has 0 saturated carbocycles. The standard InChI is InChI=1S/C10H10BrFN4/c1-6(13)10-5-16(15-14-10)7-2-3-8(11)9(12)4-7/h2-6H,13H2,1H3. The molecule has 2 aromatic rings. The molecule has 16 heavy (non-hydrogen) atoms. The first-order valence-corrected chi connectivity index (χ1v) is 5.50. The van der Waals surface area contributed by atoms with Gasteiger partial charge in [0.2, 0.25) is 0 Å². The minimum absolute atomic E-state index is 0.186. The SMILES string of the molecule is CC(N)c1cn(-c2ccc(Br)c(F)c2)nn1. The van der Waals surface area contributed by atoms with Crippen molar-refractivity contribution in [3.63, 3.8) is 0 Å². The minimum Gasteiger partial charge on any atom is -0.323 e. The molecule has 0 fully saturated rings. The summed E-state index contributed by atoms with van der Waals surface area (Å²) in [6.07, 6.45) is 1.69. The van der Waals surface area contributed by atoms with Gasteiger partial charge >= 0.3 is 0 Å². The van der Waals surface area contributed by atoms with Gasteiger partial charge in [0.15, 0.2) is 0 Å². The Hall–Kier alpha value is -1.27. The lowest BCUT2D eigenvalue weighted by Crippen LogP contribution is -2.04. The number of aromatic nitrogens is 3. The van der Waals surface area contributed by atoms with Gasteiger partial charge in [-0.2, -0.15) is 0 Å². The van der Waals surface area contributed by atoms with Crippen LogP contribution in [0.3, 0.4) is 0 Å². The van der Waals surface area contributed by atoms with Crippen LogP contribution in [0.1, 0.15) is 18.7 Å². The van der Waals surface area contributed by atoms with Gasteiger partial charge < -0.3 is 5.73 Å². The van der Waals surface area contributed by atoms with E-state index in [1.54, 1.807) is 18.3 Å². The molecule has 1 aromatic heterocycles. The number of hydrogen-bond acceptors (Lipinski definition) is 3. The molecule has 84 valence electrons. The van der Waals surface area contributed by atoms with Crippen LogP contribution in [0.15, 0.2) is 28.9 Å². The summed E-state index contributed by atoms with van der Waals surface area (Å²) in [6, 6.07) is 4.56. The summed E-state index contributed by atoms with van der Waals surface area (Å²) in [5, 5.41) is 7.78. The molecule has 4 nitrogen and oxygen atoms in total. The summed E-state index contributed by atoms with van der Waals surface area (Å²) in [6.45, 7) is 1.82. The van der Waals surface area contributed by atoms with Gasteiger partial charge in [-0.1, -0.05) is 5.21 Å². The van der Waals surface area contributed by atoms with Crippen LogP contribution in [-0.2, 0) is 0 Å². The first-order valence-electron chi connectivity index (χ1n) is 4.71. The van der Waals surface area contributed by atoms with E-state index in [9.17, 15) is 4.39 Å². The quantitative estimate of drug-likeness (QED) is 0.920.